The molecule has 1 aliphatic carbocycles. The number of nitrogens with one attached hydrogen (secondary N) is 1. The highest BCUT2D eigenvalue weighted by atomic mass is 35.5. The van der Waals surface area contributed by atoms with Crippen LogP contribution in [0.25, 0.3) is 0 Å². The Balaban J connectivity index is 2.31. The molecule has 0 radical (unpaired) electrons. The van der Waals surface area contributed by atoms with Gasteiger partial charge in [-0.15, -0.1) is 0 Å². The van der Waals surface area contributed by atoms with Gasteiger partial charge < -0.3 is 10.8 Å². The molecule has 20 heavy (non-hydrogen) atoms. The molecule has 2 rings (SSSR count). The van der Waals surface area contributed by atoms with E-state index in [-0.39, 0.29) is 20.6 Å². The second kappa shape index (κ2) is 6.07. The normalized spacial score (nSPS) is 23.8. The lowest BCUT2D eigenvalue weighted by atomic mass is 9.93. The van der Waals surface area contributed by atoms with E-state index in [9.17, 15) is 13.5 Å². The van der Waals surface area contributed by atoms with Crippen molar-refractivity contribution in [3.05, 3.63) is 22.2 Å². The summed E-state index contributed by atoms with van der Waals surface area (Å²) in [7, 11) is -3.90. The molecule has 2 atom stereocenters. The van der Waals surface area contributed by atoms with Gasteiger partial charge in [-0.1, -0.05) is 36.0 Å². The molecule has 1 aromatic rings. The van der Waals surface area contributed by atoms with Crippen LogP contribution in [0.1, 0.15) is 25.7 Å². The van der Waals surface area contributed by atoms with Gasteiger partial charge in [0, 0.05) is 11.7 Å². The third-order valence-corrected chi connectivity index (χ3v) is 5.74. The molecule has 5 nitrogen and oxygen atoms in total. The van der Waals surface area contributed by atoms with Gasteiger partial charge in [-0.25, -0.2) is 13.1 Å². The number of rotatable bonds is 3. The molecule has 1 aliphatic rings. The standard InChI is InChI=1S/C12H16Cl2N2O3S/c13-8-5-7(15)6-9(14)12(8)20(18,19)16-10-3-1-2-4-11(10)17/h5-6,10-11,16-17H,1-4,15H2/t10-,11-/m0/s1. The zero-order chi connectivity index (χ0) is 14.9. The molecule has 1 aromatic carbocycles. The second-order valence-corrected chi connectivity index (χ2v) is 7.36. The number of nitrogens with two attached hydrogens (primary N) is 1. The maximum absolute atomic E-state index is 12.4. The molecule has 1 saturated carbocycles. The lowest BCUT2D eigenvalue weighted by Crippen LogP contribution is -2.45. The molecule has 0 amide bonds. The molecule has 0 bridgehead atoms. The Kier molecular flexibility index (Phi) is 4.81. The van der Waals surface area contributed by atoms with Gasteiger partial charge in [-0.05, 0) is 25.0 Å². The van der Waals surface area contributed by atoms with Gasteiger partial charge in [-0.3, -0.25) is 0 Å². The van der Waals surface area contributed by atoms with E-state index in [1.165, 1.54) is 12.1 Å². The van der Waals surface area contributed by atoms with Gasteiger partial charge in [0.25, 0.3) is 0 Å². The molecule has 0 unspecified atom stereocenters. The molecule has 4 N–H and O–H groups in total. The van der Waals surface area contributed by atoms with E-state index in [1.807, 2.05) is 0 Å². The van der Waals surface area contributed by atoms with Crippen molar-refractivity contribution in [2.75, 3.05) is 5.73 Å². The van der Waals surface area contributed by atoms with E-state index in [2.05, 4.69) is 4.72 Å². The summed E-state index contributed by atoms with van der Waals surface area (Å²) in [6.07, 6.45) is 2.24. The zero-order valence-corrected chi connectivity index (χ0v) is 13.0. The predicted molar refractivity (Wildman–Crippen MR) is 79.5 cm³/mol. The Morgan fingerprint density at radius 2 is 1.75 bits per heavy atom. The van der Waals surface area contributed by atoms with Gasteiger partial charge in [0.2, 0.25) is 10.0 Å². The van der Waals surface area contributed by atoms with Crippen LogP contribution in [-0.2, 0) is 10.0 Å². The topological polar surface area (TPSA) is 92.4 Å². The number of anilines is 1. The smallest absolute Gasteiger partial charge is 0.243 e. The first kappa shape index (κ1) is 15.9. The number of aliphatic hydroxyl groups is 1. The Labute approximate surface area is 128 Å². The van der Waals surface area contributed by atoms with E-state index in [0.717, 1.165) is 12.8 Å². The molecule has 1 fully saturated rings. The SMILES string of the molecule is Nc1cc(Cl)c(S(=O)(=O)N[C@H]2CCCC[C@@H]2O)c(Cl)c1. The summed E-state index contributed by atoms with van der Waals surface area (Å²) in [5.74, 6) is 0. The molecule has 8 heteroatoms. The van der Waals surface area contributed by atoms with Crippen molar-refractivity contribution in [3.63, 3.8) is 0 Å². The van der Waals surface area contributed by atoms with Crippen LogP contribution in [-0.4, -0.2) is 25.7 Å². The van der Waals surface area contributed by atoms with E-state index in [0.29, 0.717) is 12.8 Å². The highest BCUT2D eigenvalue weighted by Gasteiger charge is 2.30. The molecule has 0 aromatic heterocycles. The van der Waals surface area contributed by atoms with Crippen LogP contribution in [0.2, 0.25) is 10.0 Å². The Bertz CT molecular complexity index is 584. The van der Waals surface area contributed by atoms with Crippen molar-refractivity contribution in [1.82, 2.24) is 4.72 Å². The van der Waals surface area contributed by atoms with Crippen molar-refractivity contribution in [2.45, 2.75) is 42.7 Å². The monoisotopic (exact) mass is 338 g/mol. The minimum absolute atomic E-state index is 0.0344. The molecular formula is C12H16Cl2N2O3S. The minimum Gasteiger partial charge on any atom is -0.399 e. The van der Waals surface area contributed by atoms with Crippen molar-refractivity contribution in [2.24, 2.45) is 0 Å². The zero-order valence-electron chi connectivity index (χ0n) is 10.6. The molecule has 0 saturated heterocycles. The number of hydrogen-bond acceptors (Lipinski definition) is 4. The maximum Gasteiger partial charge on any atom is 0.243 e. The average Bonchev–Trinajstić information content (AvgIpc) is 2.30. The van der Waals surface area contributed by atoms with Crippen LogP contribution in [0.3, 0.4) is 0 Å². The first-order chi connectivity index (χ1) is 9.31. The van der Waals surface area contributed by atoms with Gasteiger partial charge in [0.15, 0.2) is 0 Å². The molecule has 0 heterocycles. The number of aliphatic hydroxyl groups excluding tert-OH is 1. The van der Waals surface area contributed by atoms with E-state index >= 15 is 0 Å². The fourth-order valence-corrected chi connectivity index (χ4v) is 4.88. The Morgan fingerprint density at radius 3 is 2.30 bits per heavy atom. The van der Waals surface area contributed by atoms with E-state index in [4.69, 9.17) is 28.9 Å². The summed E-state index contributed by atoms with van der Waals surface area (Å²) in [6.45, 7) is 0. The number of sulfonamides is 1. The maximum atomic E-state index is 12.4. The predicted octanol–water partition coefficient (Wildman–Crippen LogP) is 2.16. The summed E-state index contributed by atoms with van der Waals surface area (Å²) in [5.41, 5.74) is 5.84. The number of halogens is 2. The number of benzene rings is 1. The molecule has 112 valence electrons. The first-order valence-electron chi connectivity index (χ1n) is 6.26. The summed E-state index contributed by atoms with van der Waals surface area (Å²) < 4.78 is 27.2. The highest BCUT2D eigenvalue weighted by molar-refractivity contribution is 7.89. The van der Waals surface area contributed by atoms with E-state index < -0.39 is 22.2 Å². The molecular weight excluding hydrogens is 323 g/mol. The lowest BCUT2D eigenvalue weighted by Gasteiger charge is -2.28. The Morgan fingerprint density at radius 1 is 1.20 bits per heavy atom. The quantitative estimate of drug-likeness (QED) is 0.736. The van der Waals surface area contributed by atoms with Crippen LogP contribution in [0, 0.1) is 0 Å². The summed E-state index contributed by atoms with van der Waals surface area (Å²) >= 11 is 11.9. The summed E-state index contributed by atoms with van der Waals surface area (Å²) in [5, 5.41) is 9.78. The van der Waals surface area contributed by atoms with E-state index in [1.54, 1.807) is 0 Å². The van der Waals surface area contributed by atoms with Crippen molar-refractivity contribution < 1.29 is 13.5 Å². The fraction of sp³-hybridized carbons (Fsp3) is 0.500. The van der Waals surface area contributed by atoms with Gasteiger partial charge in [0.05, 0.1) is 16.1 Å². The third kappa shape index (κ3) is 3.38. The van der Waals surface area contributed by atoms with Gasteiger partial charge in [0.1, 0.15) is 4.90 Å². The summed E-state index contributed by atoms with van der Waals surface area (Å²) in [4.78, 5) is -0.201. The largest absolute Gasteiger partial charge is 0.399 e. The van der Waals surface area contributed by atoms with Gasteiger partial charge in [-0.2, -0.15) is 0 Å². The van der Waals surface area contributed by atoms with Gasteiger partial charge >= 0.3 is 0 Å². The summed E-state index contributed by atoms with van der Waals surface area (Å²) in [6, 6.07) is 2.15. The second-order valence-electron chi connectivity index (χ2n) is 4.89. The lowest BCUT2D eigenvalue weighted by molar-refractivity contribution is 0.101. The molecule has 0 aliphatic heterocycles. The number of nitrogen functional groups attached to an aromatic ring is 1. The minimum atomic E-state index is -3.90. The first-order valence-corrected chi connectivity index (χ1v) is 8.50. The number of hydrogen-bond donors (Lipinski definition) is 3. The van der Waals surface area contributed by atoms with Crippen LogP contribution in [0.5, 0.6) is 0 Å². The molecule has 0 spiro atoms. The third-order valence-electron chi connectivity index (χ3n) is 3.33. The van der Waals surface area contributed by atoms with Crippen molar-refractivity contribution in [1.29, 1.82) is 0 Å². The fourth-order valence-electron chi connectivity index (χ4n) is 2.34. The van der Waals surface area contributed by atoms with Crippen molar-refractivity contribution >= 4 is 38.9 Å². The van der Waals surface area contributed by atoms with Crippen molar-refractivity contribution in [3.8, 4) is 0 Å². The van der Waals surface area contributed by atoms with Crippen LogP contribution < -0.4 is 10.5 Å². The average molecular weight is 339 g/mol. The van der Waals surface area contributed by atoms with Crippen LogP contribution in [0.15, 0.2) is 17.0 Å². The Hall–Kier alpha value is -0.530. The van der Waals surface area contributed by atoms with Crippen LogP contribution >= 0.6 is 23.2 Å². The van der Waals surface area contributed by atoms with Crippen LogP contribution in [0.4, 0.5) is 5.69 Å². The highest BCUT2D eigenvalue weighted by Crippen LogP contribution is 2.32.